The van der Waals surface area contributed by atoms with Gasteiger partial charge in [0.15, 0.2) is 5.15 Å². The van der Waals surface area contributed by atoms with Crippen LogP contribution in [0.15, 0.2) is 29.5 Å². The molecular formula is C10H9ClN4. The lowest BCUT2D eigenvalue weighted by molar-refractivity contribution is 0.908. The van der Waals surface area contributed by atoms with Gasteiger partial charge in [-0.15, -0.1) is 5.10 Å². The van der Waals surface area contributed by atoms with Crippen LogP contribution in [-0.4, -0.2) is 23.5 Å². The Morgan fingerprint density at radius 3 is 3.13 bits per heavy atom. The van der Waals surface area contributed by atoms with Gasteiger partial charge in [-0.25, -0.2) is 0 Å². The fourth-order valence-electron chi connectivity index (χ4n) is 1.29. The molecule has 1 N–H and O–H groups in total. The Morgan fingerprint density at radius 2 is 2.33 bits per heavy atom. The van der Waals surface area contributed by atoms with Crippen molar-refractivity contribution < 1.29 is 0 Å². The van der Waals surface area contributed by atoms with E-state index in [4.69, 9.17) is 11.6 Å². The van der Waals surface area contributed by atoms with Crippen LogP contribution >= 0.6 is 11.6 Å². The first-order chi connectivity index (χ1) is 7.31. The number of fused-ring (bicyclic) bond motifs is 1. The molecule has 0 bridgehead atoms. The average Bonchev–Trinajstić information content (AvgIpc) is 2.26. The quantitative estimate of drug-likeness (QED) is 0.621. The molecule has 0 saturated heterocycles. The lowest BCUT2D eigenvalue weighted by Gasteiger charge is -1.99. The summed E-state index contributed by atoms with van der Waals surface area (Å²) in [6.45, 7) is 0. The lowest BCUT2D eigenvalue weighted by atomic mass is 10.1. The molecule has 0 amide bonds. The molecule has 0 radical (unpaired) electrons. The van der Waals surface area contributed by atoms with Crippen molar-refractivity contribution in [2.45, 2.75) is 0 Å². The molecule has 0 aliphatic carbocycles. The molecule has 0 spiro atoms. The molecule has 1 aromatic carbocycles. The second kappa shape index (κ2) is 4.23. The number of nitrogens with one attached hydrogen (secondary N) is 1. The van der Waals surface area contributed by atoms with Gasteiger partial charge in [0.25, 0.3) is 0 Å². The van der Waals surface area contributed by atoms with Crippen LogP contribution in [-0.2, 0) is 0 Å². The van der Waals surface area contributed by atoms with E-state index in [1.54, 1.807) is 19.5 Å². The van der Waals surface area contributed by atoms with Crippen LogP contribution in [0.5, 0.6) is 0 Å². The zero-order valence-corrected chi connectivity index (χ0v) is 8.86. The molecule has 0 unspecified atom stereocenters. The molecule has 2 aromatic rings. The zero-order chi connectivity index (χ0) is 10.7. The van der Waals surface area contributed by atoms with Crippen molar-refractivity contribution in [2.24, 2.45) is 5.10 Å². The number of nitrogens with zero attached hydrogens (tertiary/aromatic N) is 3. The summed E-state index contributed by atoms with van der Waals surface area (Å²) in [4.78, 5) is 0. The Hall–Kier alpha value is -1.68. The van der Waals surface area contributed by atoms with Crippen molar-refractivity contribution in [3.05, 3.63) is 35.1 Å². The number of halogens is 1. The minimum Gasteiger partial charge on any atom is -0.313 e. The highest BCUT2D eigenvalue weighted by atomic mass is 35.5. The van der Waals surface area contributed by atoms with Gasteiger partial charge >= 0.3 is 0 Å². The number of benzene rings is 1. The second-order valence-electron chi connectivity index (χ2n) is 2.96. The van der Waals surface area contributed by atoms with E-state index in [1.807, 2.05) is 18.2 Å². The van der Waals surface area contributed by atoms with E-state index in [1.165, 1.54) is 0 Å². The van der Waals surface area contributed by atoms with Gasteiger partial charge < -0.3 is 5.43 Å². The van der Waals surface area contributed by atoms with Gasteiger partial charge in [0, 0.05) is 17.8 Å². The van der Waals surface area contributed by atoms with Crippen LogP contribution in [0.4, 0.5) is 0 Å². The van der Waals surface area contributed by atoms with Crippen molar-refractivity contribution >= 4 is 28.6 Å². The molecule has 76 valence electrons. The molecule has 0 atom stereocenters. The Bertz CT molecular complexity index is 510. The summed E-state index contributed by atoms with van der Waals surface area (Å²) in [5.74, 6) is 0. The van der Waals surface area contributed by atoms with Crippen LogP contribution in [0.2, 0.25) is 5.15 Å². The molecule has 15 heavy (non-hydrogen) atoms. The molecule has 0 fully saturated rings. The van der Waals surface area contributed by atoms with E-state index in [9.17, 15) is 0 Å². The Labute approximate surface area is 92.0 Å². The SMILES string of the molecule is CNN=Cc1ccc2c(Cl)nncc2c1. The number of rotatable bonds is 2. The Kier molecular flexibility index (Phi) is 2.78. The zero-order valence-electron chi connectivity index (χ0n) is 8.11. The first kappa shape index (κ1) is 9.86. The molecule has 4 nitrogen and oxygen atoms in total. The summed E-state index contributed by atoms with van der Waals surface area (Å²) in [6.07, 6.45) is 3.41. The highest BCUT2D eigenvalue weighted by Crippen LogP contribution is 2.20. The minimum absolute atomic E-state index is 0.421. The maximum atomic E-state index is 5.89. The molecule has 1 aromatic heterocycles. The minimum atomic E-state index is 0.421. The van der Waals surface area contributed by atoms with Crippen molar-refractivity contribution in [3.63, 3.8) is 0 Å². The number of hydrogen-bond acceptors (Lipinski definition) is 4. The van der Waals surface area contributed by atoms with E-state index in [-0.39, 0.29) is 0 Å². The van der Waals surface area contributed by atoms with E-state index in [0.29, 0.717) is 5.15 Å². The average molecular weight is 221 g/mol. The number of hydrogen-bond donors (Lipinski definition) is 1. The molecule has 0 aliphatic rings. The maximum absolute atomic E-state index is 5.89. The normalized spacial score (nSPS) is 11.1. The van der Waals surface area contributed by atoms with Crippen LogP contribution in [0.1, 0.15) is 5.56 Å². The van der Waals surface area contributed by atoms with Crippen LogP contribution in [0, 0.1) is 0 Å². The molecule has 0 saturated carbocycles. The maximum Gasteiger partial charge on any atom is 0.159 e. The Balaban J connectivity index is 2.52. The summed E-state index contributed by atoms with van der Waals surface area (Å²) in [7, 11) is 1.75. The van der Waals surface area contributed by atoms with Crippen molar-refractivity contribution in [1.29, 1.82) is 0 Å². The van der Waals surface area contributed by atoms with Crippen LogP contribution < -0.4 is 5.43 Å². The highest BCUT2D eigenvalue weighted by molar-refractivity contribution is 6.34. The smallest absolute Gasteiger partial charge is 0.159 e. The predicted octanol–water partition coefficient (Wildman–Crippen LogP) is 1.84. The van der Waals surface area contributed by atoms with Gasteiger partial charge in [0.05, 0.1) is 12.4 Å². The summed E-state index contributed by atoms with van der Waals surface area (Å²) in [5.41, 5.74) is 3.68. The number of aromatic nitrogens is 2. The van der Waals surface area contributed by atoms with E-state index >= 15 is 0 Å². The fraction of sp³-hybridized carbons (Fsp3) is 0.100. The summed E-state index contributed by atoms with van der Waals surface area (Å²) < 4.78 is 0. The lowest BCUT2D eigenvalue weighted by Crippen LogP contribution is -1.94. The molecule has 1 heterocycles. The van der Waals surface area contributed by atoms with Gasteiger partial charge in [-0.1, -0.05) is 23.7 Å². The monoisotopic (exact) mass is 220 g/mol. The number of hydrazone groups is 1. The predicted molar refractivity (Wildman–Crippen MR) is 61.2 cm³/mol. The van der Waals surface area contributed by atoms with Crippen LogP contribution in [0.3, 0.4) is 0 Å². The first-order valence-corrected chi connectivity index (χ1v) is 4.80. The largest absolute Gasteiger partial charge is 0.313 e. The topological polar surface area (TPSA) is 50.2 Å². The van der Waals surface area contributed by atoms with Gasteiger partial charge in [-0.3, -0.25) is 0 Å². The standard InChI is InChI=1S/C10H9ClN4/c1-12-13-5-7-2-3-9-8(4-7)6-14-15-10(9)11/h2-6,12H,1H3. The molecule has 2 rings (SSSR count). The molecule has 0 aliphatic heterocycles. The van der Waals surface area contributed by atoms with E-state index in [0.717, 1.165) is 16.3 Å². The van der Waals surface area contributed by atoms with Crippen molar-refractivity contribution in [3.8, 4) is 0 Å². The fourth-order valence-corrected chi connectivity index (χ4v) is 1.51. The van der Waals surface area contributed by atoms with Gasteiger partial charge in [-0.05, 0) is 11.6 Å². The summed E-state index contributed by atoms with van der Waals surface area (Å²) >= 11 is 5.89. The van der Waals surface area contributed by atoms with Crippen molar-refractivity contribution in [2.75, 3.05) is 7.05 Å². The molecular weight excluding hydrogens is 212 g/mol. The summed E-state index contributed by atoms with van der Waals surface area (Å²) in [6, 6.07) is 5.79. The summed E-state index contributed by atoms with van der Waals surface area (Å²) in [5, 5.41) is 13.8. The van der Waals surface area contributed by atoms with Crippen molar-refractivity contribution in [1.82, 2.24) is 15.6 Å². The first-order valence-electron chi connectivity index (χ1n) is 4.42. The third-order valence-electron chi connectivity index (χ3n) is 1.98. The second-order valence-corrected chi connectivity index (χ2v) is 3.32. The molecule has 5 heteroatoms. The Morgan fingerprint density at radius 1 is 1.47 bits per heavy atom. The van der Waals surface area contributed by atoms with E-state index < -0.39 is 0 Å². The highest BCUT2D eigenvalue weighted by Gasteiger charge is 2.00. The van der Waals surface area contributed by atoms with E-state index in [2.05, 4.69) is 20.7 Å². The van der Waals surface area contributed by atoms with Gasteiger partial charge in [-0.2, -0.15) is 10.2 Å². The third kappa shape index (κ3) is 2.05. The van der Waals surface area contributed by atoms with Gasteiger partial charge in [0.2, 0.25) is 0 Å². The van der Waals surface area contributed by atoms with Crippen LogP contribution in [0.25, 0.3) is 10.8 Å². The third-order valence-corrected chi connectivity index (χ3v) is 2.26. The van der Waals surface area contributed by atoms with Gasteiger partial charge in [0.1, 0.15) is 0 Å².